The number of amides is 2. The first-order chi connectivity index (χ1) is 11.3. The van der Waals surface area contributed by atoms with E-state index < -0.39 is 5.60 Å². The van der Waals surface area contributed by atoms with Crippen LogP contribution in [0.1, 0.15) is 42.3 Å². The van der Waals surface area contributed by atoms with Crippen LogP contribution in [0, 0.1) is 0 Å². The number of morpholine rings is 1. The van der Waals surface area contributed by atoms with Crippen LogP contribution in [0.3, 0.4) is 0 Å². The van der Waals surface area contributed by atoms with Gasteiger partial charge in [0.1, 0.15) is 5.60 Å². The summed E-state index contributed by atoms with van der Waals surface area (Å²) in [4.78, 5) is 28.3. The van der Waals surface area contributed by atoms with E-state index in [2.05, 4.69) is 0 Å². The van der Waals surface area contributed by atoms with E-state index in [0.717, 1.165) is 11.1 Å². The van der Waals surface area contributed by atoms with Gasteiger partial charge >= 0.3 is 6.09 Å². The highest BCUT2D eigenvalue weighted by atomic mass is 16.6. The van der Waals surface area contributed by atoms with Gasteiger partial charge in [0.25, 0.3) is 5.91 Å². The smallest absolute Gasteiger partial charge is 0.410 e. The van der Waals surface area contributed by atoms with Crippen molar-refractivity contribution in [1.29, 1.82) is 0 Å². The summed E-state index contributed by atoms with van der Waals surface area (Å²) in [6, 6.07) is 5.68. The molecule has 6 heteroatoms. The minimum absolute atomic E-state index is 0.0248. The molecular weight excluding hydrogens is 308 g/mol. The van der Waals surface area contributed by atoms with Gasteiger partial charge in [-0.05, 0) is 44.0 Å². The lowest BCUT2D eigenvalue weighted by atomic mass is 10.1. The molecule has 2 amide bonds. The van der Waals surface area contributed by atoms with Crippen molar-refractivity contribution >= 4 is 12.0 Å². The number of hydrogen-bond donors (Lipinski definition) is 0. The molecule has 1 saturated heterocycles. The number of ether oxygens (including phenoxy) is 2. The van der Waals surface area contributed by atoms with Crippen molar-refractivity contribution in [2.45, 2.75) is 39.5 Å². The lowest BCUT2D eigenvalue weighted by molar-refractivity contribution is 0.0241. The molecule has 0 spiro atoms. The molecule has 0 radical (unpaired) electrons. The highest BCUT2D eigenvalue weighted by Crippen LogP contribution is 2.26. The maximum atomic E-state index is 12.6. The second-order valence-electron chi connectivity index (χ2n) is 7.22. The van der Waals surface area contributed by atoms with Crippen LogP contribution in [0.2, 0.25) is 0 Å². The van der Waals surface area contributed by atoms with Crippen LogP contribution in [-0.2, 0) is 22.6 Å². The molecule has 24 heavy (non-hydrogen) atoms. The van der Waals surface area contributed by atoms with E-state index in [1.807, 2.05) is 43.9 Å². The summed E-state index contributed by atoms with van der Waals surface area (Å²) in [7, 11) is 0. The molecule has 3 rings (SSSR count). The summed E-state index contributed by atoms with van der Waals surface area (Å²) in [6.07, 6.45) is -0.320. The normalized spacial score (nSPS) is 17.6. The first-order valence-electron chi connectivity index (χ1n) is 8.30. The Morgan fingerprint density at radius 1 is 1.04 bits per heavy atom. The quantitative estimate of drug-likeness (QED) is 0.792. The second kappa shape index (κ2) is 6.43. The monoisotopic (exact) mass is 332 g/mol. The zero-order valence-electron chi connectivity index (χ0n) is 14.5. The van der Waals surface area contributed by atoms with Gasteiger partial charge in [0.05, 0.1) is 13.2 Å². The van der Waals surface area contributed by atoms with Crippen LogP contribution in [0.15, 0.2) is 18.2 Å². The molecule has 1 fully saturated rings. The topological polar surface area (TPSA) is 59.1 Å². The number of carbonyl (C=O) groups is 2. The fourth-order valence-electron chi connectivity index (χ4n) is 2.93. The highest BCUT2D eigenvalue weighted by Gasteiger charge is 2.28. The fraction of sp³-hybridized carbons (Fsp3) is 0.556. The van der Waals surface area contributed by atoms with Crippen molar-refractivity contribution in [2.75, 3.05) is 26.3 Å². The summed E-state index contributed by atoms with van der Waals surface area (Å²) < 4.78 is 10.7. The largest absolute Gasteiger partial charge is 0.444 e. The molecule has 6 nitrogen and oxygen atoms in total. The Balaban J connectivity index is 1.69. The van der Waals surface area contributed by atoms with E-state index in [1.165, 1.54) is 0 Å². The van der Waals surface area contributed by atoms with Crippen LogP contribution in [0.5, 0.6) is 0 Å². The average molecular weight is 332 g/mol. The lowest BCUT2D eigenvalue weighted by Gasteiger charge is -2.27. The third kappa shape index (κ3) is 3.70. The molecule has 2 aliphatic rings. The standard InChI is InChI=1S/C18H24N2O4/c1-18(2,3)24-17(22)20-11-14-5-4-13(10-15(14)12-20)16(21)19-6-8-23-9-7-19/h4-5,10H,6-9,11-12H2,1-3H3. The maximum Gasteiger partial charge on any atom is 0.410 e. The van der Waals surface area contributed by atoms with Crippen LogP contribution >= 0.6 is 0 Å². The zero-order valence-corrected chi connectivity index (χ0v) is 14.5. The van der Waals surface area contributed by atoms with Crippen molar-refractivity contribution in [3.8, 4) is 0 Å². The van der Waals surface area contributed by atoms with Gasteiger partial charge in [-0.1, -0.05) is 6.07 Å². The van der Waals surface area contributed by atoms with Crippen molar-refractivity contribution in [3.63, 3.8) is 0 Å². The van der Waals surface area contributed by atoms with E-state index in [-0.39, 0.29) is 12.0 Å². The summed E-state index contributed by atoms with van der Waals surface area (Å²) in [5.41, 5.74) is 2.24. The first-order valence-corrected chi connectivity index (χ1v) is 8.30. The van der Waals surface area contributed by atoms with E-state index in [1.54, 1.807) is 4.90 Å². The van der Waals surface area contributed by atoms with E-state index >= 15 is 0 Å². The summed E-state index contributed by atoms with van der Waals surface area (Å²) in [6.45, 7) is 8.99. The molecule has 1 aromatic carbocycles. The number of benzene rings is 1. The summed E-state index contributed by atoms with van der Waals surface area (Å²) >= 11 is 0. The van der Waals surface area contributed by atoms with Crippen molar-refractivity contribution < 1.29 is 19.1 Å². The Kier molecular flexibility index (Phi) is 4.49. The third-order valence-electron chi connectivity index (χ3n) is 4.13. The van der Waals surface area contributed by atoms with Gasteiger partial charge < -0.3 is 14.4 Å². The average Bonchev–Trinajstić information content (AvgIpc) is 2.96. The Morgan fingerprint density at radius 2 is 1.71 bits per heavy atom. The van der Waals surface area contributed by atoms with Gasteiger partial charge in [-0.25, -0.2) is 4.79 Å². The van der Waals surface area contributed by atoms with Gasteiger partial charge in [0.15, 0.2) is 0 Å². The van der Waals surface area contributed by atoms with E-state index in [0.29, 0.717) is 45.0 Å². The van der Waals surface area contributed by atoms with Gasteiger partial charge in [-0.3, -0.25) is 9.69 Å². The summed E-state index contributed by atoms with van der Waals surface area (Å²) in [5, 5.41) is 0. The molecular formula is C18H24N2O4. The Morgan fingerprint density at radius 3 is 2.38 bits per heavy atom. The predicted molar refractivity (Wildman–Crippen MR) is 88.6 cm³/mol. The molecule has 0 atom stereocenters. The van der Waals surface area contributed by atoms with Crippen LogP contribution in [0.25, 0.3) is 0 Å². The van der Waals surface area contributed by atoms with Crippen molar-refractivity contribution in [1.82, 2.24) is 9.80 Å². The third-order valence-corrected chi connectivity index (χ3v) is 4.13. The number of fused-ring (bicyclic) bond motifs is 1. The Hall–Kier alpha value is -2.08. The molecule has 0 saturated carbocycles. The minimum atomic E-state index is -0.511. The molecule has 0 N–H and O–H groups in total. The van der Waals surface area contributed by atoms with Crippen molar-refractivity contribution in [2.24, 2.45) is 0 Å². The SMILES string of the molecule is CC(C)(C)OC(=O)N1Cc2ccc(C(=O)N3CCOCC3)cc2C1. The molecule has 130 valence electrons. The Bertz CT molecular complexity index is 645. The van der Waals surface area contributed by atoms with E-state index in [4.69, 9.17) is 9.47 Å². The minimum Gasteiger partial charge on any atom is -0.444 e. The highest BCUT2D eigenvalue weighted by molar-refractivity contribution is 5.94. The molecule has 2 heterocycles. The van der Waals surface area contributed by atoms with Crippen molar-refractivity contribution in [3.05, 3.63) is 34.9 Å². The number of hydrogen-bond acceptors (Lipinski definition) is 4. The molecule has 0 aliphatic carbocycles. The summed E-state index contributed by atoms with van der Waals surface area (Å²) in [5.74, 6) is 0.0248. The predicted octanol–water partition coefficient (Wildman–Crippen LogP) is 2.41. The van der Waals surface area contributed by atoms with Crippen LogP contribution < -0.4 is 0 Å². The van der Waals surface area contributed by atoms with Gasteiger partial charge in [-0.2, -0.15) is 0 Å². The molecule has 1 aromatic rings. The fourth-order valence-corrected chi connectivity index (χ4v) is 2.93. The zero-order chi connectivity index (χ0) is 17.3. The first kappa shape index (κ1) is 16.8. The number of nitrogens with zero attached hydrogens (tertiary/aromatic N) is 2. The van der Waals surface area contributed by atoms with Gasteiger partial charge in [0, 0.05) is 31.7 Å². The molecule has 0 unspecified atom stereocenters. The van der Waals surface area contributed by atoms with Crippen LogP contribution in [0.4, 0.5) is 4.79 Å². The van der Waals surface area contributed by atoms with E-state index in [9.17, 15) is 9.59 Å². The molecule has 0 aromatic heterocycles. The molecule has 2 aliphatic heterocycles. The van der Waals surface area contributed by atoms with Crippen LogP contribution in [-0.4, -0.2) is 53.7 Å². The Labute approximate surface area is 142 Å². The maximum absolute atomic E-state index is 12.6. The number of rotatable bonds is 1. The number of carbonyl (C=O) groups excluding carboxylic acids is 2. The van der Waals surface area contributed by atoms with Gasteiger partial charge in [-0.15, -0.1) is 0 Å². The van der Waals surface area contributed by atoms with Gasteiger partial charge in [0.2, 0.25) is 0 Å². The second-order valence-corrected chi connectivity index (χ2v) is 7.22. The lowest BCUT2D eigenvalue weighted by Crippen LogP contribution is -2.40. The molecule has 0 bridgehead atoms.